The predicted molar refractivity (Wildman–Crippen MR) is 133 cm³/mol. The Hall–Kier alpha value is -2.13. The van der Waals surface area contributed by atoms with Crippen LogP contribution in [0.4, 0.5) is 4.79 Å². The van der Waals surface area contributed by atoms with E-state index in [0.717, 1.165) is 12.2 Å². The number of amides is 3. The highest BCUT2D eigenvalue weighted by atomic mass is 32.2. The van der Waals surface area contributed by atoms with Gasteiger partial charge in [-0.1, -0.05) is 56.3 Å². The van der Waals surface area contributed by atoms with Crippen LogP contribution in [0.25, 0.3) is 10.8 Å². The van der Waals surface area contributed by atoms with E-state index in [1.54, 1.807) is 23.7 Å². The number of thioether (sulfide) groups is 1. The minimum Gasteiger partial charge on any atom is -0.396 e. The van der Waals surface area contributed by atoms with Crippen molar-refractivity contribution in [2.45, 2.75) is 50.3 Å². The van der Waals surface area contributed by atoms with Gasteiger partial charge >= 0.3 is 6.03 Å². The highest BCUT2D eigenvalue weighted by Crippen LogP contribution is 2.29. The molecule has 2 aromatic carbocycles. The molecular weight excluding hydrogens is 436 g/mol. The summed E-state index contributed by atoms with van der Waals surface area (Å²) in [6.45, 7) is 4.88. The molecule has 178 valence electrons. The number of urea groups is 1. The highest BCUT2D eigenvalue weighted by molar-refractivity contribution is 7.99. The third-order valence-corrected chi connectivity index (χ3v) is 7.70. The summed E-state index contributed by atoms with van der Waals surface area (Å²) in [7, 11) is 1.56. The van der Waals surface area contributed by atoms with Crippen LogP contribution in [0.2, 0.25) is 0 Å². The van der Waals surface area contributed by atoms with E-state index >= 15 is 0 Å². The van der Waals surface area contributed by atoms with Gasteiger partial charge in [0.15, 0.2) is 0 Å². The third kappa shape index (κ3) is 5.04. The first kappa shape index (κ1) is 24.0. The van der Waals surface area contributed by atoms with Gasteiger partial charge in [0.05, 0.1) is 5.37 Å². The summed E-state index contributed by atoms with van der Waals surface area (Å²) in [5, 5.41) is 18.9. The number of hydrogen-bond acceptors (Lipinski definition) is 6. The van der Waals surface area contributed by atoms with Gasteiger partial charge in [-0.25, -0.2) is 4.79 Å². The molecule has 2 aromatic rings. The fraction of sp³-hybridized carbons (Fsp3) is 0.520. The Morgan fingerprint density at radius 2 is 1.85 bits per heavy atom. The lowest BCUT2D eigenvalue weighted by Gasteiger charge is -2.51. The average Bonchev–Trinajstić information content (AvgIpc) is 2.81. The third-order valence-electron chi connectivity index (χ3n) is 6.36. The summed E-state index contributed by atoms with van der Waals surface area (Å²) >= 11 is 1.72. The number of benzene rings is 2. The quantitative estimate of drug-likeness (QED) is 0.515. The van der Waals surface area contributed by atoms with Crippen LogP contribution >= 0.6 is 11.8 Å². The van der Waals surface area contributed by atoms with Crippen LogP contribution < -0.4 is 10.6 Å². The molecule has 0 bridgehead atoms. The molecule has 2 aliphatic heterocycles. The molecule has 3 amide bonds. The maximum Gasteiger partial charge on any atom is 0.327 e. The molecule has 2 heterocycles. The second-order valence-electron chi connectivity index (χ2n) is 9.30. The molecule has 0 saturated carbocycles. The van der Waals surface area contributed by atoms with Crippen molar-refractivity contribution < 1.29 is 14.7 Å². The summed E-state index contributed by atoms with van der Waals surface area (Å²) in [6, 6.07) is 14.0. The lowest BCUT2D eigenvalue weighted by molar-refractivity contribution is -0.137. The number of nitrogens with one attached hydrogen (secondary N) is 2. The van der Waals surface area contributed by atoms with Crippen LogP contribution in [-0.2, 0) is 11.2 Å². The number of fused-ring (bicyclic) bond motifs is 2. The fourth-order valence-electron chi connectivity index (χ4n) is 4.78. The van der Waals surface area contributed by atoms with Crippen molar-refractivity contribution in [3.63, 3.8) is 0 Å². The minimum absolute atomic E-state index is 0.0133. The van der Waals surface area contributed by atoms with Crippen LogP contribution in [0.1, 0.15) is 25.8 Å². The van der Waals surface area contributed by atoms with Gasteiger partial charge in [0, 0.05) is 26.2 Å². The Labute approximate surface area is 199 Å². The summed E-state index contributed by atoms with van der Waals surface area (Å²) in [5.74, 6) is 0.873. The average molecular weight is 471 g/mol. The molecule has 0 aromatic heterocycles. The van der Waals surface area contributed by atoms with E-state index in [-0.39, 0.29) is 35.9 Å². The monoisotopic (exact) mass is 470 g/mol. The van der Waals surface area contributed by atoms with Crippen molar-refractivity contribution in [1.82, 2.24) is 20.4 Å². The SMILES string of the molecule is CC(C)CN1C(=O)N(C)C(=O)C2NC(SCCCO)C(Cc3cccc4ccccc34)NC21. The van der Waals surface area contributed by atoms with Crippen molar-refractivity contribution >= 4 is 34.5 Å². The first-order valence-electron chi connectivity index (χ1n) is 11.7. The van der Waals surface area contributed by atoms with Gasteiger partial charge in [0.2, 0.25) is 0 Å². The maximum absolute atomic E-state index is 13.0. The zero-order chi connectivity index (χ0) is 23.5. The molecule has 7 nitrogen and oxygen atoms in total. The Morgan fingerprint density at radius 3 is 2.61 bits per heavy atom. The second-order valence-corrected chi connectivity index (χ2v) is 10.5. The van der Waals surface area contributed by atoms with Crippen LogP contribution in [-0.4, -0.2) is 76.4 Å². The van der Waals surface area contributed by atoms with E-state index in [0.29, 0.717) is 13.0 Å². The van der Waals surface area contributed by atoms with E-state index in [2.05, 4.69) is 60.9 Å². The number of likely N-dealkylation sites (N-methyl/N-ethyl adjacent to an activating group) is 1. The molecule has 0 radical (unpaired) electrons. The van der Waals surface area contributed by atoms with Gasteiger partial charge in [-0.15, -0.1) is 11.8 Å². The molecular formula is C25H34N4O3S. The molecule has 0 spiro atoms. The summed E-state index contributed by atoms with van der Waals surface area (Å²) < 4.78 is 0. The molecule has 2 saturated heterocycles. The molecule has 4 rings (SSSR count). The van der Waals surface area contributed by atoms with E-state index < -0.39 is 12.2 Å². The zero-order valence-electron chi connectivity index (χ0n) is 19.5. The number of carbonyl (C=O) groups excluding carboxylic acids is 2. The van der Waals surface area contributed by atoms with Crippen LogP contribution in [0.5, 0.6) is 0 Å². The van der Waals surface area contributed by atoms with Gasteiger partial charge in [-0.2, -0.15) is 0 Å². The smallest absolute Gasteiger partial charge is 0.327 e. The summed E-state index contributed by atoms with van der Waals surface area (Å²) in [5.41, 5.74) is 1.24. The zero-order valence-corrected chi connectivity index (χ0v) is 20.3. The molecule has 4 atom stereocenters. The number of rotatable bonds is 8. The molecule has 0 aliphatic carbocycles. The molecule has 2 fully saturated rings. The number of nitrogens with zero attached hydrogens (tertiary/aromatic N) is 2. The molecule has 4 unspecified atom stereocenters. The van der Waals surface area contributed by atoms with E-state index in [9.17, 15) is 14.7 Å². The first-order chi connectivity index (χ1) is 15.9. The van der Waals surface area contributed by atoms with Gasteiger partial charge in [-0.3, -0.25) is 20.3 Å². The summed E-state index contributed by atoms with van der Waals surface area (Å²) in [4.78, 5) is 29.1. The molecule has 33 heavy (non-hydrogen) atoms. The minimum atomic E-state index is -0.498. The number of piperazine rings is 1. The molecule has 3 N–H and O–H groups in total. The Kier molecular flexibility index (Phi) is 7.58. The van der Waals surface area contributed by atoms with Gasteiger partial charge in [-0.05, 0) is 40.8 Å². The Morgan fingerprint density at radius 1 is 1.09 bits per heavy atom. The van der Waals surface area contributed by atoms with Crippen LogP contribution in [0.3, 0.4) is 0 Å². The lowest BCUT2D eigenvalue weighted by atomic mass is 9.95. The topological polar surface area (TPSA) is 84.9 Å². The number of imide groups is 1. The number of aliphatic hydroxyl groups is 1. The summed E-state index contributed by atoms with van der Waals surface area (Å²) in [6.07, 6.45) is 1.07. The molecule has 8 heteroatoms. The van der Waals surface area contributed by atoms with E-state index in [1.165, 1.54) is 21.2 Å². The highest BCUT2D eigenvalue weighted by Gasteiger charge is 2.50. The van der Waals surface area contributed by atoms with Crippen molar-refractivity contribution in [2.75, 3.05) is 26.0 Å². The maximum atomic E-state index is 13.0. The number of aliphatic hydroxyl groups excluding tert-OH is 1. The normalized spacial score (nSPS) is 25.7. The van der Waals surface area contributed by atoms with Gasteiger partial charge in [0.1, 0.15) is 12.2 Å². The van der Waals surface area contributed by atoms with Gasteiger partial charge < -0.3 is 10.0 Å². The van der Waals surface area contributed by atoms with Gasteiger partial charge in [0.25, 0.3) is 5.91 Å². The molecule has 2 aliphatic rings. The Bertz CT molecular complexity index is 995. The Balaban J connectivity index is 1.64. The van der Waals surface area contributed by atoms with E-state index in [4.69, 9.17) is 0 Å². The number of carbonyl (C=O) groups is 2. The van der Waals surface area contributed by atoms with E-state index in [1.807, 2.05) is 6.07 Å². The van der Waals surface area contributed by atoms with Crippen molar-refractivity contribution in [1.29, 1.82) is 0 Å². The first-order valence-corrected chi connectivity index (χ1v) is 12.7. The second kappa shape index (κ2) is 10.4. The standard InChI is InChI=1S/C25H34N4O3S/c1-16(2)15-29-22-21(24(31)28(3)25(29)32)27-23(33-13-7-12-30)20(26-22)14-18-10-6-9-17-8-4-5-11-19(17)18/h4-6,8-11,16,20-23,26-27,30H,7,12-15H2,1-3H3. The van der Waals surface area contributed by atoms with Crippen molar-refractivity contribution in [3.8, 4) is 0 Å². The predicted octanol–water partition coefficient (Wildman–Crippen LogP) is 2.63. The number of hydrogen-bond donors (Lipinski definition) is 3. The van der Waals surface area contributed by atoms with Crippen LogP contribution in [0.15, 0.2) is 42.5 Å². The van der Waals surface area contributed by atoms with Crippen molar-refractivity contribution in [2.24, 2.45) is 5.92 Å². The van der Waals surface area contributed by atoms with Crippen molar-refractivity contribution in [3.05, 3.63) is 48.0 Å². The fourth-order valence-corrected chi connectivity index (χ4v) is 5.98. The lowest BCUT2D eigenvalue weighted by Crippen LogP contribution is -2.78. The largest absolute Gasteiger partial charge is 0.396 e. The van der Waals surface area contributed by atoms with Crippen LogP contribution in [0, 0.1) is 5.92 Å².